The van der Waals surface area contributed by atoms with Gasteiger partial charge in [0.25, 0.3) is 0 Å². The largest absolute Gasteiger partial charge is 0.456 e. The first-order valence-corrected chi connectivity index (χ1v) is 12.2. The number of carbonyl (C=O) groups is 2. The third-order valence-electron chi connectivity index (χ3n) is 6.13. The van der Waals surface area contributed by atoms with Crippen molar-refractivity contribution in [3.05, 3.63) is 77.7 Å². The standard InChI is InChI=1S/C28H34N4O3/c1-28(2,3)35-27(34)21-14-12-19(13-15-21)17-22(29)26(33)32-16-8-7-11-24(32)25-30-18-23(31-25)20-9-5-4-6-10-20/h4-6,9-10,12-15,18,22,24H,7-8,11,16-17,29H2,1-3H3,(H,30,31)/t22-,24-/m0/s1. The number of benzene rings is 2. The normalized spacial score (nSPS) is 17.1. The first-order valence-electron chi connectivity index (χ1n) is 12.2. The highest BCUT2D eigenvalue weighted by Crippen LogP contribution is 2.31. The van der Waals surface area contributed by atoms with Gasteiger partial charge in [0.15, 0.2) is 0 Å². The van der Waals surface area contributed by atoms with Crippen molar-refractivity contribution in [2.45, 2.75) is 64.1 Å². The molecular formula is C28H34N4O3. The first kappa shape index (κ1) is 24.7. The van der Waals surface area contributed by atoms with Gasteiger partial charge in [0.1, 0.15) is 11.4 Å². The van der Waals surface area contributed by atoms with Gasteiger partial charge in [-0.2, -0.15) is 0 Å². The zero-order valence-corrected chi connectivity index (χ0v) is 20.7. The first-order chi connectivity index (χ1) is 16.7. The van der Waals surface area contributed by atoms with Crippen LogP contribution in [0.15, 0.2) is 60.8 Å². The van der Waals surface area contributed by atoms with Crippen molar-refractivity contribution >= 4 is 11.9 Å². The van der Waals surface area contributed by atoms with Gasteiger partial charge in [-0.05, 0) is 64.2 Å². The van der Waals surface area contributed by atoms with Gasteiger partial charge in [0, 0.05) is 18.3 Å². The SMILES string of the molecule is CC(C)(C)OC(=O)c1ccc(C[C@H](N)C(=O)N2CCCC[C@H]2c2nc(-c3ccccc3)c[nH]2)cc1. The van der Waals surface area contributed by atoms with Crippen LogP contribution in [0.5, 0.6) is 0 Å². The van der Waals surface area contributed by atoms with E-state index in [9.17, 15) is 9.59 Å². The van der Waals surface area contributed by atoms with Crippen LogP contribution in [-0.4, -0.2) is 44.9 Å². The van der Waals surface area contributed by atoms with Crippen molar-refractivity contribution in [2.75, 3.05) is 6.54 Å². The number of ether oxygens (including phenoxy) is 1. The minimum atomic E-state index is -0.675. The van der Waals surface area contributed by atoms with E-state index in [0.717, 1.165) is 41.9 Å². The molecule has 1 aliphatic rings. The Morgan fingerprint density at radius 2 is 1.83 bits per heavy atom. The molecular weight excluding hydrogens is 440 g/mol. The maximum Gasteiger partial charge on any atom is 0.338 e. The van der Waals surface area contributed by atoms with Crippen LogP contribution >= 0.6 is 0 Å². The Morgan fingerprint density at radius 1 is 1.11 bits per heavy atom. The molecule has 2 heterocycles. The molecule has 1 fully saturated rings. The Bertz CT molecular complexity index is 1150. The van der Waals surface area contributed by atoms with E-state index >= 15 is 0 Å². The molecule has 0 spiro atoms. The minimum absolute atomic E-state index is 0.0800. The van der Waals surface area contributed by atoms with Gasteiger partial charge < -0.3 is 20.4 Å². The second kappa shape index (κ2) is 10.4. The minimum Gasteiger partial charge on any atom is -0.456 e. The summed E-state index contributed by atoms with van der Waals surface area (Å²) in [4.78, 5) is 35.6. The summed E-state index contributed by atoms with van der Waals surface area (Å²) < 4.78 is 5.41. The molecule has 184 valence electrons. The molecule has 4 rings (SSSR count). The summed E-state index contributed by atoms with van der Waals surface area (Å²) in [5, 5.41) is 0. The number of nitrogens with zero attached hydrogens (tertiary/aromatic N) is 2. The van der Waals surface area contributed by atoms with Gasteiger partial charge in [0.2, 0.25) is 5.91 Å². The van der Waals surface area contributed by atoms with Gasteiger partial charge in [-0.3, -0.25) is 4.79 Å². The Balaban J connectivity index is 1.43. The molecule has 0 aliphatic carbocycles. The molecule has 3 aromatic rings. The number of rotatable bonds is 6. The van der Waals surface area contributed by atoms with E-state index in [1.54, 1.807) is 12.1 Å². The van der Waals surface area contributed by atoms with Crippen LogP contribution in [0.1, 0.15) is 67.8 Å². The van der Waals surface area contributed by atoms with Crippen molar-refractivity contribution in [2.24, 2.45) is 5.73 Å². The molecule has 1 saturated heterocycles. The van der Waals surface area contributed by atoms with E-state index in [0.29, 0.717) is 18.5 Å². The van der Waals surface area contributed by atoms with Crippen LogP contribution in [-0.2, 0) is 16.0 Å². The molecule has 2 aromatic carbocycles. The average Bonchev–Trinajstić information content (AvgIpc) is 3.34. The molecule has 0 saturated carbocycles. The van der Waals surface area contributed by atoms with E-state index in [-0.39, 0.29) is 17.9 Å². The molecule has 0 unspecified atom stereocenters. The molecule has 1 amide bonds. The van der Waals surface area contributed by atoms with Crippen LogP contribution in [0.4, 0.5) is 0 Å². The number of carbonyl (C=O) groups excluding carboxylic acids is 2. The molecule has 0 radical (unpaired) electrons. The van der Waals surface area contributed by atoms with Crippen LogP contribution in [0.25, 0.3) is 11.3 Å². The highest BCUT2D eigenvalue weighted by Gasteiger charge is 2.32. The summed E-state index contributed by atoms with van der Waals surface area (Å²) in [6.45, 7) is 6.17. The number of H-pyrrole nitrogens is 1. The number of aromatic nitrogens is 2. The van der Waals surface area contributed by atoms with E-state index in [2.05, 4.69) is 4.98 Å². The van der Waals surface area contributed by atoms with Crippen LogP contribution in [0.2, 0.25) is 0 Å². The van der Waals surface area contributed by atoms with E-state index < -0.39 is 11.6 Å². The lowest BCUT2D eigenvalue weighted by atomic mass is 9.98. The fourth-order valence-corrected chi connectivity index (χ4v) is 4.41. The highest BCUT2D eigenvalue weighted by atomic mass is 16.6. The van der Waals surface area contributed by atoms with E-state index in [4.69, 9.17) is 15.5 Å². The predicted octanol–water partition coefficient (Wildman–Crippen LogP) is 4.66. The maximum absolute atomic E-state index is 13.4. The Morgan fingerprint density at radius 3 is 2.51 bits per heavy atom. The average molecular weight is 475 g/mol. The zero-order valence-electron chi connectivity index (χ0n) is 20.7. The smallest absolute Gasteiger partial charge is 0.338 e. The van der Waals surface area contributed by atoms with Gasteiger partial charge in [0.05, 0.1) is 23.3 Å². The number of likely N-dealkylation sites (tertiary alicyclic amines) is 1. The van der Waals surface area contributed by atoms with Crippen molar-refractivity contribution in [3.63, 3.8) is 0 Å². The summed E-state index contributed by atoms with van der Waals surface area (Å²) in [6.07, 6.45) is 5.13. The molecule has 7 nitrogen and oxygen atoms in total. The summed E-state index contributed by atoms with van der Waals surface area (Å²) in [7, 11) is 0. The summed E-state index contributed by atoms with van der Waals surface area (Å²) >= 11 is 0. The lowest BCUT2D eigenvalue weighted by molar-refractivity contribution is -0.136. The maximum atomic E-state index is 13.4. The zero-order chi connectivity index (χ0) is 25.0. The lowest BCUT2D eigenvalue weighted by Crippen LogP contribution is -2.48. The number of aromatic amines is 1. The van der Waals surface area contributed by atoms with Crippen molar-refractivity contribution in [3.8, 4) is 11.3 Å². The summed E-state index contributed by atoms with van der Waals surface area (Å²) in [6, 6.07) is 16.3. The van der Waals surface area contributed by atoms with Crippen LogP contribution in [0.3, 0.4) is 0 Å². The third-order valence-corrected chi connectivity index (χ3v) is 6.13. The number of hydrogen-bond donors (Lipinski definition) is 2. The number of hydrogen-bond acceptors (Lipinski definition) is 5. The van der Waals surface area contributed by atoms with Crippen LogP contribution in [0, 0.1) is 0 Å². The molecule has 0 bridgehead atoms. The van der Waals surface area contributed by atoms with Crippen LogP contribution < -0.4 is 5.73 Å². The van der Waals surface area contributed by atoms with Crippen molar-refractivity contribution < 1.29 is 14.3 Å². The Kier molecular flexibility index (Phi) is 7.36. The highest BCUT2D eigenvalue weighted by molar-refractivity contribution is 5.89. The fraction of sp³-hybridized carbons (Fsp3) is 0.393. The predicted molar refractivity (Wildman–Crippen MR) is 136 cm³/mol. The second-order valence-electron chi connectivity index (χ2n) is 10.1. The van der Waals surface area contributed by atoms with E-state index in [1.807, 2.05) is 74.3 Å². The number of esters is 1. The molecule has 3 N–H and O–H groups in total. The molecule has 7 heteroatoms. The van der Waals surface area contributed by atoms with Gasteiger partial charge in [-0.25, -0.2) is 9.78 Å². The van der Waals surface area contributed by atoms with E-state index in [1.165, 1.54) is 0 Å². The second-order valence-corrected chi connectivity index (χ2v) is 10.1. The van der Waals surface area contributed by atoms with Gasteiger partial charge in [-0.15, -0.1) is 0 Å². The number of imidazole rings is 1. The Labute approximate surface area is 206 Å². The molecule has 2 atom stereocenters. The number of nitrogens with two attached hydrogens (primary N) is 1. The topological polar surface area (TPSA) is 101 Å². The van der Waals surface area contributed by atoms with Crippen molar-refractivity contribution in [1.29, 1.82) is 0 Å². The summed E-state index contributed by atoms with van der Waals surface area (Å²) in [5.41, 5.74) is 9.12. The molecule has 1 aliphatic heterocycles. The lowest BCUT2D eigenvalue weighted by Gasteiger charge is -2.36. The Hall–Kier alpha value is -3.45. The van der Waals surface area contributed by atoms with Gasteiger partial charge >= 0.3 is 5.97 Å². The number of amides is 1. The summed E-state index contributed by atoms with van der Waals surface area (Å²) in [5.74, 6) is 0.350. The van der Waals surface area contributed by atoms with Gasteiger partial charge in [-0.1, -0.05) is 42.5 Å². The quantitative estimate of drug-likeness (QED) is 0.506. The van der Waals surface area contributed by atoms with Crippen molar-refractivity contribution in [1.82, 2.24) is 14.9 Å². The molecule has 1 aromatic heterocycles. The monoisotopic (exact) mass is 474 g/mol. The fourth-order valence-electron chi connectivity index (χ4n) is 4.41. The third kappa shape index (κ3) is 6.17. The number of nitrogens with one attached hydrogen (secondary N) is 1. The number of piperidine rings is 1. The molecule has 35 heavy (non-hydrogen) atoms.